The second kappa shape index (κ2) is 4.97. The van der Waals surface area contributed by atoms with E-state index in [0.29, 0.717) is 0 Å². The fraction of sp³-hybridized carbons (Fsp3) is 0.364. The number of rotatable bonds is 3. The van der Waals surface area contributed by atoms with E-state index in [1.807, 2.05) is 0 Å². The van der Waals surface area contributed by atoms with Gasteiger partial charge in [-0.2, -0.15) is 8.42 Å². The second-order valence-corrected chi connectivity index (χ2v) is 5.99. The zero-order valence-corrected chi connectivity index (χ0v) is 11.0. The van der Waals surface area contributed by atoms with Crippen molar-refractivity contribution in [3.05, 3.63) is 23.8 Å². The minimum Gasteiger partial charge on any atom is -0.397 e. The van der Waals surface area contributed by atoms with Crippen LogP contribution in [0.1, 0.15) is 6.42 Å². The van der Waals surface area contributed by atoms with Crippen LogP contribution in [0.4, 0.5) is 24.0 Å². The van der Waals surface area contributed by atoms with Gasteiger partial charge in [-0.25, -0.2) is 8.78 Å². The lowest BCUT2D eigenvalue weighted by Crippen LogP contribution is -2.27. The molecule has 1 aromatic rings. The summed E-state index contributed by atoms with van der Waals surface area (Å²) in [7, 11) is -4.74. The number of hydrogen-bond donors (Lipinski definition) is 1. The van der Waals surface area contributed by atoms with Crippen LogP contribution in [0.3, 0.4) is 0 Å². The Morgan fingerprint density at radius 1 is 1.35 bits per heavy atom. The van der Waals surface area contributed by atoms with Crippen molar-refractivity contribution in [1.82, 2.24) is 0 Å². The van der Waals surface area contributed by atoms with Crippen LogP contribution in [-0.4, -0.2) is 26.6 Å². The largest absolute Gasteiger partial charge is 0.397 e. The molecule has 0 bridgehead atoms. The van der Waals surface area contributed by atoms with Crippen molar-refractivity contribution in [3.63, 3.8) is 0 Å². The van der Waals surface area contributed by atoms with Gasteiger partial charge < -0.3 is 10.6 Å². The SMILES string of the molecule is Nc1ccc(F)c(F)c1N1CC(CS(=O)(=O)F)CC1=O. The molecular weight excluding hydrogens is 297 g/mol. The molecular formula is C11H11F3N2O3S. The number of nitrogens with two attached hydrogens (primary N) is 1. The molecule has 5 nitrogen and oxygen atoms in total. The predicted molar refractivity (Wildman–Crippen MR) is 66.1 cm³/mol. The summed E-state index contributed by atoms with van der Waals surface area (Å²) in [6, 6.07) is 1.92. The molecule has 1 atom stereocenters. The van der Waals surface area contributed by atoms with Crippen LogP contribution in [0.25, 0.3) is 0 Å². The van der Waals surface area contributed by atoms with Crippen molar-refractivity contribution >= 4 is 27.5 Å². The highest BCUT2D eigenvalue weighted by Gasteiger charge is 2.36. The van der Waals surface area contributed by atoms with Crippen LogP contribution in [0, 0.1) is 17.6 Å². The standard InChI is InChI=1S/C11H11F3N2O3S/c12-7-1-2-8(15)11(10(7)13)16-4-6(3-9(16)17)5-20(14,18)19/h1-2,6H,3-5,15H2. The highest BCUT2D eigenvalue weighted by Crippen LogP contribution is 2.33. The van der Waals surface area contributed by atoms with E-state index in [2.05, 4.69) is 0 Å². The van der Waals surface area contributed by atoms with Crippen LogP contribution >= 0.6 is 0 Å². The van der Waals surface area contributed by atoms with Gasteiger partial charge in [0.05, 0.1) is 11.4 Å². The predicted octanol–water partition coefficient (Wildman–Crippen LogP) is 1.20. The summed E-state index contributed by atoms with van der Waals surface area (Å²) < 4.78 is 60.6. The molecule has 1 fully saturated rings. The van der Waals surface area contributed by atoms with Crippen molar-refractivity contribution in [3.8, 4) is 0 Å². The lowest BCUT2D eigenvalue weighted by atomic mass is 10.1. The lowest BCUT2D eigenvalue weighted by Gasteiger charge is -2.19. The number of benzene rings is 1. The Morgan fingerprint density at radius 2 is 2.00 bits per heavy atom. The average molecular weight is 308 g/mol. The van der Waals surface area contributed by atoms with Gasteiger partial charge in [-0.3, -0.25) is 4.79 Å². The van der Waals surface area contributed by atoms with Crippen LogP contribution in [0.5, 0.6) is 0 Å². The number of nitrogens with zero attached hydrogens (tertiary/aromatic N) is 1. The molecule has 1 aliphatic rings. The maximum absolute atomic E-state index is 13.7. The number of carbonyl (C=O) groups is 1. The van der Waals surface area contributed by atoms with E-state index in [9.17, 15) is 25.9 Å². The highest BCUT2D eigenvalue weighted by atomic mass is 32.3. The molecule has 0 aromatic heterocycles. The Labute approximate surface area is 113 Å². The number of amides is 1. The first-order chi connectivity index (χ1) is 9.19. The van der Waals surface area contributed by atoms with E-state index in [4.69, 9.17) is 5.73 Å². The van der Waals surface area contributed by atoms with Gasteiger partial charge in [-0.1, -0.05) is 0 Å². The molecule has 1 aliphatic heterocycles. The Kier molecular flexibility index (Phi) is 3.63. The number of nitrogen functional groups attached to an aromatic ring is 1. The van der Waals surface area contributed by atoms with E-state index in [0.717, 1.165) is 17.0 Å². The average Bonchev–Trinajstić information content (AvgIpc) is 2.63. The number of halogens is 3. The molecule has 1 heterocycles. The maximum Gasteiger partial charge on any atom is 0.302 e. The monoisotopic (exact) mass is 308 g/mol. The third kappa shape index (κ3) is 2.87. The van der Waals surface area contributed by atoms with Crippen LogP contribution in [-0.2, 0) is 15.0 Å². The smallest absolute Gasteiger partial charge is 0.302 e. The summed E-state index contributed by atoms with van der Waals surface area (Å²) in [4.78, 5) is 12.6. The summed E-state index contributed by atoms with van der Waals surface area (Å²) in [6.07, 6.45) is -0.265. The third-order valence-electron chi connectivity index (χ3n) is 3.01. The first-order valence-electron chi connectivity index (χ1n) is 5.65. The quantitative estimate of drug-likeness (QED) is 0.672. The highest BCUT2D eigenvalue weighted by molar-refractivity contribution is 7.86. The zero-order valence-electron chi connectivity index (χ0n) is 10.1. The number of hydrogen-bond acceptors (Lipinski definition) is 4. The normalized spacial score (nSPS) is 19.6. The minimum absolute atomic E-state index is 0.152. The van der Waals surface area contributed by atoms with Gasteiger partial charge in [0, 0.05) is 18.9 Å². The molecule has 0 radical (unpaired) electrons. The van der Waals surface area contributed by atoms with E-state index >= 15 is 0 Å². The minimum atomic E-state index is -4.74. The molecule has 9 heteroatoms. The second-order valence-electron chi connectivity index (χ2n) is 4.58. The number of anilines is 2. The van der Waals surface area contributed by atoms with Crippen LogP contribution < -0.4 is 10.6 Å². The first kappa shape index (κ1) is 14.6. The molecule has 20 heavy (non-hydrogen) atoms. The van der Waals surface area contributed by atoms with Gasteiger partial charge in [-0.15, -0.1) is 3.89 Å². The maximum atomic E-state index is 13.7. The van der Waals surface area contributed by atoms with Crippen molar-refractivity contribution in [2.24, 2.45) is 5.92 Å². The van der Waals surface area contributed by atoms with E-state index in [-0.39, 0.29) is 18.7 Å². The van der Waals surface area contributed by atoms with Crippen LogP contribution in [0.2, 0.25) is 0 Å². The molecule has 1 amide bonds. The Balaban J connectivity index is 2.31. The molecule has 1 unspecified atom stereocenters. The summed E-state index contributed by atoms with van der Waals surface area (Å²) in [6.45, 7) is -0.230. The van der Waals surface area contributed by atoms with Gasteiger partial charge in [0.25, 0.3) is 0 Å². The Hall–Kier alpha value is -1.77. The zero-order chi connectivity index (χ0) is 15.1. The molecule has 0 saturated carbocycles. The molecule has 1 saturated heterocycles. The van der Waals surface area contributed by atoms with Gasteiger partial charge in [0.15, 0.2) is 11.6 Å². The van der Waals surface area contributed by atoms with Crippen molar-refractivity contribution in [2.45, 2.75) is 6.42 Å². The molecule has 110 valence electrons. The van der Waals surface area contributed by atoms with Crippen molar-refractivity contribution in [1.29, 1.82) is 0 Å². The van der Waals surface area contributed by atoms with Gasteiger partial charge in [0.2, 0.25) is 5.91 Å². The summed E-state index contributed by atoms with van der Waals surface area (Å²) in [5, 5.41) is 0. The summed E-state index contributed by atoms with van der Waals surface area (Å²) in [5.41, 5.74) is 4.92. The Bertz CT molecular complexity index is 663. The van der Waals surface area contributed by atoms with E-state index in [1.54, 1.807) is 0 Å². The van der Waals surface area contributed by atoms with Crippen LogP contribution in [0.15, 0.2) is 12.1 Å². The summed E-state index contributed by atoms with van der Waals surface area (Å²) in [5.74, 6) is -4.76. The fourth-order valence-electron chi connectivity index (χ4n) is 2.22. The molecule has 2 N–H and O–H groups in total. The molecule has 0 aliphatic carbocycles. The fourth-order valence-corrected chi connectivity index (χ4v) is 3.01. The summed E-state index contributed by atoms with van der Waals surface area (Å²) >= 11 is 0. The molecule has 0 spiro atoms. The lowest BCUT2D eigenvalue weighted by molar-refractivity contribution is -0.117. The molecule has 2 rings (SSSR count). The Morgan fingerprint density at radius 3 is 2.60 bits per heavy atom. The van der Waals surface area contributed by atoms with Crippen molar-refractivity contribution < 1.29 is 25.9 Å². The van der Waals surface area contributed by atoms with E-state index in [1.165, 1.54) is 0 Å². The third-order valence-corrected chi connectivity index (χ3v) is 3.88. The number of carbonyl (C=O) groups excluding carboxylic acids is 1. The van der Waals surface area contributed by atoms with Gasteiger partial charge >= 0.3 is 10.2 Å². The van der Waals surface area contributed by atoms with Gasteiger partial charge in [0.1, 0.15) is 5.69 Å². The molecule has 1 aromatic carbocycles. The topological polar surface area (TPSA) is 80.5 Å². The van der Waals surface area contributed by atoms with Gasteiger partial charge in [-0.05, 0) is 12.1 Å². The van der Waals surface area contributed by atoms with Crippen molar-refractivity contribution in [2.75, 3.05) is 22.9 Å². The first-order valence-corrected chi connectivity index (χ1v) is 7.20. The van der Waals surface area contributed by atoms with E-state index < -0.39 is 45.1 Å².